The number of rotatable bonds is 8. The fourth-order valence-electron chi connectivity index (χ4n) is 5.35. The van der Waals surface area contributed by atoms with Gasteiger partial charge < -0.3 is 10.6 Å². The number of carbonyl (C=O) groups excluding carboxylic acids is 2. The first kappa shape index (κ1) is 24.4. The van der Waals surface area contributed by atoms with Gasteiger partial charge in [-0.2, -0.15) is 5.10 Å². The lowest BCUT2D eigenvalue weighted by atomic mass is 9.85. The van der Waals surface area contributed by atoms with Gasteiger partial charge in [-0.1, -0.05) is 24.3 Å². The van der Waals surface area contributed by atoms with Gasteiger partial charge in [0.15, 0.2) is 5.96 Å². The van der Waals surface area contributed by atoms with Crippen molar-refractivity contribution in [2.45, 2.75) is 19.8 Å². The summed E-state index contributed by atoms with van der Waals surface area (Å²) >= 11 is 0. The minimum absolute atomic E-state index is 0. The Hall–Kier alpha value is -2.69. The number of aliphatic imine (C=N–C) groups is 1. The second-order valence-electron chi connectivity index (χ2n) is 8.88. The molecule has 1 saturated heterocycles. The van der Waals surface area contributed by atoms with E-state index in [4.69, 9.17) is 0 Å². The maximum Gasteiger partial charge on any atom is 0.233 e. The minimum atomic E-state index is -0.130. The van der Waals surface area contributed by atoms with Gasteiger partial charge in [-0.25, -0.2) is 4.68 Å². The molecule has 2 heterocycles. The number of fused-ring (bicyclic) bond motifs is 5. The van der Waals surface area contributed by atoms with Gasteiger partial charge in [0.05, 0.1) is 17.5 Å². The van der Waals surface area contributed by atoms with Crippen molar-refractivity contribution >= 4 is 41.8 Å². The molecule has 2 bridgehead atoms. The standard InChI is InChI=1S/C25H30N6O2.HI/c1-2-26-25(27-12-10-17-4-8-20(9-5-17)31-14-3-11-29-31)28-13-15-30-23(32)21-18-6-7-19(16-18)22(21)24(30)33;/h3-9,11,14,18-19,21-22H,2,10,12-13,15-16H2,1H3,(H2,26,27,28);1H. The van der Waals surface area contributed by atoms with E-state index in [-0.39, 0.29) is 59.5 Å². The van der Waals surface area contributed by atoms with Gasteiger partial charge in [-0.05, 0) is 55.4 Å². The summed E-state index contributed by atoms with van der Waals surface area (Å²) in [6, 6.07) is 10.2. The Morgan fingerprint density at radius 1 is 1.09 bits per heavy atom. The van der Waals surface area contributed by atoms with Gasteiger partial charge in [-0.15, -0.1) is 24.0 Å². The minimum Gasteiger partial charge on any atom is -0.357 e. The lowest BCUT2D eigenvalue weighted by Crippen LogP contribution is -2.43. The number of allylic oxidation sites excluding steroid dienone is 2. The molecule has 2 fully saturated rings. The summed E-state index contributed by atoms with van der Waals surface area (Å²) in [5.74, 6) is 0.951. The van der Waals surface area contributed by atoms with Crippen LogP contribution in [0.5, 0.6) is 0 Å². The van der Waals surface area contributed by atoms with Crippen LogP contribution >= 0.6 is 24.0 Å². The fourth-order valence-corrected chi connectivity index (χ4v) is 5.35. The van der Waals surface area contributed by atoms with E-state index in [2.05, 4.69) is 57.1 Å². The number of guanidine groups is 1. The van der Waals surface area contributed by atoms with E-state index in [0.29, 0.717) is 25.6 Å². The van der Waals surface area contributed by atoms with Crippen LogP contribution in [0.1, 0.15) is 18.9 Å². The van der Waals surface area contributed by atoms with E-state index in [1.807, 2.05) is 23.9 Å². The van der Waals surface area contributed by atoms with E-state index < -0.39 is 0 Å². The Morgan fingerprint density at radius 3 is 2.41 bits per heavy atom. The molecule has 4 atom stereocenters. The van der Waals surface area contributed by atoms with E-state index >= 15 is 0 Å². The number of hydrogen-bond acceptors (Lipinski definition) is 4. The second kappa shape index (κ2) is 10.7. The molecule has 2 amide bonds. The van der Waals surface area contributed by atoms with Crippen molar-refractivity contribution in [1.82, 2.24) is 25.3 Å². The van der Waals surface area contributed by atoms with Crippen molar-refractivity contribution in [3.63, 3.8) is 0 Å². The third-order valence-corrected chi connectivity index (χ3v) is 6.91. The number of amides is 2. The molecule has 180 valence electrons. The largest absolute Gasteiger partial charge is 0.357 e. The highest BCUT2D eigenvalue weighted by Gasteiger charge is 2.58. The Morgan fingerprint density at radius 2 is 1.79 bits per heavy atom. The average Bonchev–Trinajstić information content (AvgIpc) is 3.61. The number of likely N-dealkylation sites (tertiary alicyclic amines) is 1. The molecule has 1 saturated carbocycles. The topological polar surface area (TPSA) is 91.6 Å². The molecular formula is C25H31IN6O2. The number of carbonyl (C=O) groups is 2. The molecule has 5 rings (SSSR count). The fraction of sp³-hybridized carbons (Fsp3) is 0.440. The monoisotopic (exact) mass is 574 g/mol. The van der Waals surface area contributed by atoms with Crippen LogP contribution in [0.3, 0.4) is 0 Å². The van der Waals surface area contributed by atoms with E-state index in [1.54, 1.807) is 6.20 Å². The lowest BCUT2D eigenvalue weighted by molar-refractivity contribution is -0.140. The highest BCUT2D eigenvalue weighted by atomic mass is 127. The molecule has 2 aliphatic carbocycles. The Bertz CT molecular complexity index is 1040. The Kier molecular flexibility index (Phi) is 7.70. The molecule has 34 heavy (non-hydrogen) atoms. The van der Waals surface area contributed by atoms with Gasteiger partial charge in [0, 0.05) is 38.6 Å². The van der Waals surface area contributed by atoms with Gasteiger partial charge >= 0.3 is 0 Å². The predicted molar refractivity (Wildman–Crippen MR) is 141 cm³/mol. The summed E-state index contributed by atoms with van der Waals surface area (Å²) in [5, 5.41) is 10.8. The summed E-state index contributed by atoms with van der Waals surface area (Å²) < 4.78 is 1.83. The number of hydrogen-bond donors (Lipinski definition) is 2. The molecule has 1 aliphatic heterocycles. The summed E-state index contributed by atoms with van der Waals surface area (Å²) in [4.78, 5) is 31.7. The third-order valence-electron chi connectivity index (χ3n) is 6.91. The smallest absolute Gasteiger partial charge is 0.233 e. The van der Waals surface area contributed by atoms with Crippen molar-refractivity contribution in [1.29, 1.82) is 0 Å². The molecule has 3 aliphatic rings. The van der Waals surface area contributed by atoms with Crippen LogP contribution in [0.25, 0.3) is 5.69 Å². The van der Waals surface area contributed by atoms with Crippen LogP contribution in [-0.4, -0.2) is 58.6 Å². The summed E-state index contributed by atoms with van der Waals surface area (Å²) in [5.41, 5.74) is 2.23. The Balaban J connectivity index is 0.00000274. The summed E-state index contributed by atoms with van der Waals surface area (Å²) in [7, 11) is 0. The van der Waals surface area contributed by atoms with Gasteiger partial charge in [0.1, 0.15) is 0 Å². The molecule has 1 aromatic carbocycles. The van der Waals surface area contributed by atoms with Crippen LogP contribution in [-0.2, 0) is 16.0 Å². The number of benzene rings is 1. The lowest BCUT2D eigenvalue weighted by Gasteiger charge is -2.18. The zero-order valence-electron chi connectivity index (χ0n) is 19.3. The molecule has 0 spiro atoms. The number of imide groups is 1. The van der Waals surface area contributed by atoms with Crippen molar-refractivity contribution in [2.24, 2.45) is 28.7 Å². The van der Waals surface area contributed by atoms with Crippen molar-refractivity contribution in [3.8, 4) is 5.69 Å². The van der Waals surface area contributed by atoms with Crippen LogP contribution in [0.15, 0.2) is 59.9 Å². The maximum atomic E-state index is 12.8. The quantitative estimate of drug-likeness (QED) is 0.166. The van der Waals surface area contributed by atoms with Crippen LogP contribution < -0.4 is 10.6 Å². The van der Waals surface area contributed by atoms with Crippen molar-refractivity contribution < 1.29 is 9.59 Å². The summed E-state index contributed by atoms with van der Waals surface area (Å²) in [6.45, 7) is 4.26. The molecule has 4 unspecified atom stereocenters. The van der Waals surface area contributed by atoms with Crippen molar-refractivity contribution in [2.75, 3.05) is 26.2 Å². The molecule has 0 radical (unpaired) electrons. The zero-order valence-corrected chi connectivity index (χ0v) is 21.6. The average molecular weight is 574 g/mol. The SMILES string of the molecule is CCNC(=NCCc1ccc(-n2cccn2)cc1)NCCN1C(=O)C2C3C=CC(C3)C2C1=O.I. The first-order valence-electron chi connectivity index (χ1n) is 11.8. The van der Waals surface area contributed by atoms with Gasteiger partial charge in [0.25, 0.3) is 0 Å². The second-order valence-corrected chi connectivity index (χ2v) is 8.88. The first-order chi connectivity index (χ1) is 16.2. The van der Waals surface area contributed by atoms with Crippen LogP contribution in [0.4, 0.5) is 0 Å². The number of halogens is 1. The zero-order chi connectivity index (χ0) is 22.8. The molecular weight excluding hydrogens is 543 g/mol. The highest BCUT2D eigenvalue weighted by molar-refractivity contribution is 14.0. The van der Waals surface area contributed by atoms with E-state index in [1.165, 1.54) is 10.5 Å². The first-order valence-corrected chi connectivity index (χ1v) is 11.8. The van der Waals surface area contributed by atoms with Crippen LogP contribution in [0, 0.1) is 23.7 Å². The molecule has 9 heteroatoms. The van der Waals surface area contributed by atoms with Gasteiger partial charge in [0.2, 0.25) is 11.8 Å². The van der Waals surface area contributed by atoms with Crippen molar-refractivity contribution in [3.05, 3.63) is 60.4 Å². The molecule has 2 N–H and O–H groups in total. The Labute approximate surface area is 216 Å². The molecule has 2 aromatic rings. The number of nitrogens with one attached hydrogen (secondary N) is 2. The van der Waals surface area contributed by atoms with E-state index in [0.717, 1.165) is 25.1 Å². The highest BCUT2D eigenvalue weighted by Crippen LogP contribution is 2.52. The molecule has 1 aromatic heterocycles. The maximum absolute atomic E-state index is 12.8. The normalized spacial score (nSPS) is 25.0. The van der Waals surface area contributed by atoms with Crippen LogP contribution in [0.2, 0.25) is 0 Å². The number of nitrogens with zero attached hydrogens (tertiary/aromatic N) is 4. The molecule has 8 nitrogen and oxygen atoms in total. The van der Waals surface area contributed by atoms with Gasteiger partial charge in [-0.3, -0.25) is 19.5 Å². The predicted octanol–water partition coefficient (Wildman–Crippen LogP) is 2.40. The summed E-state index contributed by atoms with van der Waals surface area (Å²) in [6.07, 6.45) is 9.71. The number of aromatic nitrogens is 2. The van der Waals surface area contributed by atoms with E-state index in [9.17, 15) is 9.59 Å². The third kappa shape index (κ3) is 4.75.